The van der Waals surface area contributed by atoms with Crippen LogP contribution in [0.3, 0.4) is 0 Å². The Morgan fingerprint density at radius 1 is 0.963 bits per heavy atom. The number of fused-ring (bicyclic) bond motifs is 2. The second-order valence-corrected chi connectivity index (χ2v) is 8.87. The van der Waals surface area contributed by atoms with Gasteiger partial charge in [0.2, 0.25) is 0 Å². The molecule has 0 spiro atoms. The highest BCUT2D eigenvalue weighted by Gasteiger charge is 2.37. The summed E-state index contributed by atoms with van der Waals surface area (Å²) in [4.78, 5) is 0. The Bertz CT molecular complexity index is 1120. The van der Waals surface area contributed by atoms with Crippen molar-refractivity contribution in [1.82, 2.24) is 0 Å². The van der Waals surface area contributed by atoms with E-state index in [1.54, 1.807) is 0 Å². The zero-order chi connectivity index (χ0) is 19.2. The molecule has 27 heavy (non-hydrogen) atoms. The van der Waals surface area contributed by atoms with Crippen LogP contribution in [0.15, 0.2) is 88.5 Å². The van der Waals surface area contributed by atoms with Gasteiger partial charge in [0, 0.05) is 8.99 Å². The summed E-state index contributed by atoms with van der Waals surface area (Å²) in [6, 6.07) is 22.0. The third-order valence-electron chi connectivity index (χ3n) is 5.68. The molecule has 134 valence electrons. The Balaban J connectivity index is 1.91. The van der Waals surface area contributed by atoms with Gasteiger partial charge in [-0.2, -0.15) is 0 Å². The maximum Gasteiger partial charge on any atom is 0.0159 e. The molecule has 1 heteroatoms. The Morgan fingerprint density at radius 2 is 1.70 bits per heavy atom. The van der Waals surface area contributed by atoms with Crippen molar-refractivity contribution < 1.29 is 0 Å². The molecule has 3 aromatic rings. The predicted octanol–water partition coefficient (Wildman–Crippen LogP) is 8.08. The van der Waals surface area contributed by atoms with Crippen LogP contribution in [0.25, 0.3) is 27.5 Å². The van der Waals surface area contributed by atoms with Crippen molar-refractivity contribution in [2.75, 3.05) is 0 Å². The summed E-state index contributed by atoms with van der Waals surface area (Å²) >= 11 is 2.39. The molecule has 0 fully saturated rings. The normalized spacial score (nSPS) is 17.6. The van der Waals surface area contributed by atoms with Gasteiger partial charge < -0.3 is 0 Å². The van der Waals surface area contributed by atoms with Crippen molar-refractivity contribution in [2.45, 2.75) is 26.2 Å². The van der Waals surface area contributed by atoms with Crippen LogP contribution in [-0.2, 0) is 5.41 Å². The van der Waals surface area contributed by atoms with Gasteiger partial charge >= 0.3 is 0 Å². The van der Waals surface area contributed by atoms with Gasteiger partial charge in [-0.3, -0.25) is 0 Å². The van der Waals surface area contributed by atoms with Crippen LogP contribution in [0.4, 0.5) is 0 Å². The maximum atomic E-state index is 4.41. The molecule has 0 radical (unpaired) electrons. The first kappa shape index (κ1) is 18.2. The first-order valence-corrected chi connectivity index (χ1v) is 10.4. The average molecular weight is 462 g/mol. The molecule has 0 heterocycles. The van der Waals surface area contributed by atoms with E-state index in [9.17, 15) is 0 Å². The van der Waals surface area contributed by atoms with E-state index < -0.39 is 0 Å². The number of benzene rings is 3. The van der Waals surface area contributed by atoms with Crippen molar-refractivity contribution in [3.8, 4) is 11.1 Å². The van der Waals surface area contributed by atoms with Gasteiger partial charge in [-0.15, -0.1) is 0 Å². The van der Waals surface area contributed by atoms with Gasteiger partial charge in [0.25, 0.3) is 0 Å². The Kier molecular flexibility index (Phi) is 4.59. The summed E-state index contributed by atoms with van der Waals surface area (Å²) in [6.07, 6.45) is 4.42. The molecule has 0 saturated carbocycles. The Morgan fingerprint density at radius 3 is 2.48 bits per heavy atom. The molecule has 0 aliphatic heterocycles. The lowest BCUT2D eigenvalue weighted by atomic mass is 9.81. The fraction of sp³-hybridized carbons (Fsp3) is 0.154. The zero-order valence-electron chi connectivity index (χ0n) is 16.0. The second-order valence-electron chi connectivity index (χ2n) is 7.62. The lowest BCUT2D eigenvalue weighted by Crippen LogP contribution is -2.15. The van der Waals surface area contributed by atoms with Crippen molar-refractivity contribution in [3.05, 3.63) is 99.7 Å². The standard InChI is InChI=1S/C26H23I/c1-5-20(27)16-24-17(2)21-14-13-19(15-25(21)26(24,3)4)23-12-8-10-18-9-6-7-11-22(18)23/h5-16H,2H2,1,3-4H3/b20-5+,24-16+. The minimum atomic E-state index is -0.0492. The molecule has 0 unspecified atom stereocenters. The SMILES string of the molecule is C=C1/C(=C\C(I)=C/C)C(C)(C)c2cc(-c3cccc4ccccc34)ccc21. The topological polar surface area (TPSA) is 0 Å². The van der Waals surface area contributed by atoms with Gasteiger partial charge in [0.1, 0.15) is 0 Å². The van der Waals surface area contributed by atoms with E-state index in [0.717, 1.165) is 5.57 Å². The number of hydrogen-bond acceptors (Lipinski definition) is 0. The highest BCUT2D eigenvalue weighted by molar-refractivity contribution is 14.1. The summed E-state index contributed by atoms with van der Waals surface area (Å²) in [5.74, 6) is 0. The van der Waals surface area contributed by atoms with Crippen molar-refractivity contribution >= 4 is 38.9 Å². The largest absolute Gasteiger partial charge is 0.0908 e. The highest BCUT2D eigenvalue weighted by atomic mass is 127. The smallest absolute Gasteiger partial charge is 0.0159 e. The molecular weight excluding hydrogens is 439 g/mol. The molecule has 3 aromatic carbocycles. The van der Waals surface area contributed by atoms with E-state index in [0.29, 0.717) is 0 Å². The van der Waals surface area contributed by atoms with E-state index in [1.165, 1.54) is 42.2 Å². The quantitative estimate of drug-likeness (QED) is 0.338. The number of hydrogen-bond donors (Lipinski definition) is 0. The molecule has 1 aliphatic rings. The van der Waals surface area contributed by atoms with E-state index in [-0.39, 0.29) is 5.41 Å². The van der Waals surface area contributed by atoms with E-state index in [4.69, 9.17) is 0 Å². The van der Waals surface area contributed by atoms with Crippen LogP contribution in [0, 0.1) is 0 Å². The first-order chi connectivity index (χ1) is 12.9. The van der Waals surface area contributed by atoms with Gasteiger partial charge in [0.15, 0.2) is 0 Å². The summed E-state index contributed by atoms with van der Waals surface area (Å²) < 4.78 is 1.25. The number of halogens is 1. The van der Waals surface area contributed by atoms with Gasteiger partial charge in [-0.1, -0.05) is 81.1 Å². The minimum absolute atomic E-state index is 0.0492. The van der Waals surface area contributed by atoms with Crippen LogP contribution in [0.1, 0.15) is 31.9 Å². The molecule has 0 amide bonds. The zero-order valence-corrected chi connectivity index (χ0v) is 18.2. The van der Waals surface area contributed by atoms with Crippen LogP contribution in [0.2, 0.25) is 0 Å². The molecule has 0 nitrogen and oxygen atoms in total. The summed E-state index contributed by atoms with van der Waals surface area (Å²) in [6.45, 7) is 11.1. The van der Waals surface area contributed by atoms with E-state index in [1.807, 2.05) is 0 Å². The summed E-state index contributed by atoms with van der Waals surface area (Å²) in [7, 11) is 0. The van der Waals surface area contributed by atoms with E-state index >= 15 is 0 Å². The monoisotopic (exact) mass is 462 g/mol. The fourth-order valence-electron chi connectivity index (χ4n) is 4.13. The van der Waals surface area contributed by atoms with E-state index in [2.05, 4.69) is 123 Å². The summed E-state index contributed by atoms with van der Waals surface area (Å²) in [5, 5.41) is 2.58. The summed E-state index contributed by atoms with van der Waals surface area (Å²) in [5.41, 5.74) is 7.61. The fourth-order valence-corrected chi connectivity index (χ4v) is 4.44. The van der Waals surface area contributed by atoms with Gasteiger partial charge in [-0.05, 0) is 85.8 Å². The molecule has 4 rings (SSSR count). The van der Waals surface area contributed by atoms with Crippen LogP contribution >= 0.6 is 22.6 Å². The lowest BCUT2D eigenvalue weighted by Gasteiger charge is -2.22. The first-order valence-electron chi connectivity index (χ1n) is 9.30. The maximum absolute atomic E-state index is 4.41. The molecule has 0 atom stereocenters. The van der Waals surface area contributed by atoms with Crippen LogP contribution < -0.4 is 0 Å². The van der Waals surface area contributed by atoms with Crippen LogP contribution in [0.5, 0.6) is 0 Å². The third kappa shape index (κ3) is 2.98. The molecule has 0 bridgehead atoms. The average Bonchev–Trinajstić information content (AvgIpc) is 2.87. The highest BCUT2D eigenvalue weighted by Crippen LogP contribution is 2.50. The molecular formula is C26H23I. The lowest BCUT2D eigenvalue weighted by molar-refractivity contribution is 0.661. The third-order valence-corrected chi connectivity index (χ3v) is 6.61. The van der Waals surface area contributed by atoms with Crippen molar-refractivity contribution in [2.24, 2.45) is 0 Å². The Hall–Kier alpha value is -2.13. The van der Waals surface area contributed by atoms with Gasteiger partial charge in [-0.25, -0.2) is 0 Å². The van der Waals surface area contributed by atoms with Crippen molar-refractivity contribution in [3.63, 3.8) is 0 Å². The molecule has 0 saturated heterocycles. The molecule has 0 N–H and O–H groups in total. The van der Waals surface area contributed by atoms with Crippen molar-refractivity contribution in [1.29, 1.82) is 0 Å². The predicted molar refractivity (Wildman–Crippen MR) is 127 cm³/mol. The molecule has 1 aliphatic carbocycles. The van der Waals surface area contributed by atoms with Gasteiger partial charge in [0.05, 0.1) is 0 Å². The second kappa shape index (κ2) is 6.79. The Labute approximate surface area is 175 Å². The molecule has 0 aromatic heterocycles. The minimum Gasteiger partial charge on any atom is -0.0908 e. The van der Waals surface area contributed by atoms with Crippen LogP contribution in [-0.4, -0.2) is 0 Å². The number of rotatable bonds is 2. The number of allylic oxidation sites excluding steroid dienone is 5.